The molecule has 2 aromatic rings. The Balaban J connectivity index is 1.71. The third-order valence-electron chi connectivity index (χ3n) is 4.83. The van der Waals surface area contributed by atoms with Gasteiger partial charge in [0, 0.05) is 36.7 Å². The number of aromatic nitrogens is 1. The zero-order valence-electron chi connectivity index (χ0n) is 14.7. The number of halogens is 2. The number of pyridine rings is 1. The highest BCUT2D eigenvalue weighted by molar-refractivity contribution is 6.35. The molecule has 2 aliphatic heterocycles. The second-order valence-electron chi connectivity index (χ2n) is 6.49. The molecule has 2 aliphatic rings. The van der Waals surface area contributed by atoms with Gasteiger partial charge in [-0.15, -0.1) is 0 Å². The zero-order chi connectivity index (χ0) is 19.0. The van der Waals surface area contributed by atoms with Crippen LogP contribution in [-0.2, 0) is 11.2 Å². The summed E-state index contributed by atoms with van der Waals surface area (Å²) in [5.74, 6) is 0.860. The number of hydrazone groups is 1. The Bertz CT molecular complexity index is 932. The van der Waals surface area contributed by atoms with Crippen molar-refractivity contribution in [2.45, 2.75) is 25.4 Å². The number of nitrogens with zero attached hydrogens (tertiary/aromatic N) is 3. The number of hydrogen-bond acceptors (Lipinski definition) is 5. The summed E-state index contributed by atoms with van der Waals surface area (Å²) in [6.45, 7) is 0.711. The van der Waals surface area contributed by atoms with Crippen molar-refractivity contribution in [2.24, 2.45) is 5.10 Å². The molecule has 1 fully saturated rings. The number of methoxy groups -OCH3 is 1. The first-order chi connectivity index (χ1) is 13.1. The summed E-state index contributed by atoms with van der Waals surface area (Å²) in [6, 6.07) is 7.47. The van der Waals surface area contributed by atoms with E-state index in [1.165, 1.54) is 0 Å². The molecule has 6 nitrogen and oxygen atoms in total. The molecule has 0 radical (unpaired) electrons. The fourth-order valence-electron chi connectivity index (χ4n) is 3.47. The second kappa shape index (κ2) is 7.37. The average Bonchev–Trinajstić information content (AvgIpc) is 3.09. The van der Waals surface area contributed by atoms with Crippen LogP contribution >= 0.6 is 23.2 Å². The van der Waals surface area contributed by atoms with Gasteiger partial charge in [-0.2, -0.15) is 5.10 Å². The number of nitrogens with one attached hydrogen (secondary N) is 1. The molecule has 0 saturated carbocycles. The lowest BCUT2D eigenvalue weighted by Gasteiger charge is -2.33. The minimum atomic E-state index is -0.303. The van der Waals surface area contributed by atoms with E-state index in [0.29, 0.717) is 35.1 Å². The van der Waals surface area contributed by atoms with Crippen molar-refractivity contribution in [1.82, 2.24) is 15.3 Å². The van der Waals surface area contributed by atoms with Gasteiger partial charge in [0.2, 0.25) is 5.91 Å². The number of ether oxygens (including phenoxy) is 1. The largest absolute Gasteiger partial charge is 0.497 e. The maximum absolute atomic E-state index is 12.3. The Kier molecular flexibility index (Phi) is 4.93. The van der Waals surface area contributed by atoms with Gasteiger partial charge in [0.1, 0.15) is 11.9 Å². The van der Waals surface area contributed by atoms with E-state index in [1.54, 1.807) is 19.4 Å². The lowest BCUT2D eigenvalue weighted by atomic mass is 9.95. The Morgan fingerprint density at radius 1 is 1.33 bits per heavy atom. The van der Waals surface area contributed by atoms with Gasteiger partial charge in [-0.1, -0.05) is 23.2 Å². The molecule has 27 heavy (non-hydrogen) atoms. The van der Waals surface area contributed by atoms with Gasteiger partial charge in [0.25, 0.3) is 0 Å². The van der Waals surface area contributed by atoms with E-state index < -0.39 is 0 Å². The van der Waals surface area contributed by atoms with E-state index in [2.05, 4.69) is 15.5 Å². The van der Waals surface area contributed by atoms with Crippen LogP contribution in [0.4, 0.5) is 0 Å². The van der Waals surface area contributed by atoms with Crippen LogP contribution in [-0.4, -0.2) is 35.2 Å². The minimum absolute atomic E-state index is 0.127. The number of hydrogen-bond donors (Lipinski definition) is 1. The molecule has 4 rings (SSSR count). The molecule has 1 aromatic heterocycles. The standard InChI is InChI=1S/C19H18Cl2N4O2/c1-27-12-4-5-13-14(8-12)19(25-6-2-3-18(25)26)24-23-16(13)9-17-15(21)7-11(20)10-22-17/h4-5,7-8,10,19,24H,2-3,6,9H2,1H3. The summed E-state index contributed by atoms with van der Waals surface area (Å²) in [7, 11) is 1.63. The van der Waals surface area contributed by atoms with Gasteiger partial charge in [-0.05, 0) is 30.7 Å². The maximum atomic E-state index is 12.3. The molecule has 1 unspecified atom stereocenters. The van der Waals surface area contributed by atoms with Gasteiger partial charge >= 0.3 is 0 Å². The number of carbonyl (C=O) groups is 1. The van der Waals surface area contributed by atoms with Crippen molar-refractivity contribution < 1.29 is 9.53 Å². The highest BCUT2D eigenvalue weighted by Crippen LogP contribution is 2.33. The highest BCUT2D eigenvalue weighted by Gasteiger charge is 2.33. The molecule has 1 saturated heterocycles. The smallest absolute Gasteiger partial charge is 0.224 e. The summed E-state index contributed by atoms with van der Waals surface area (Å²) in [5.41, 5.74) is 6.54. The number of carbonyl (C=O) groups excluding carboxylic acids is 1. The number of fused-ring (bicyclic) bond motifs is 1. The molecule has 0 aliphatic carbocycles. The van der Waals surface area contributed by atoms with Crippen LogP contribution in [0, 0.1) is 0 Å². The summed E-state index contributed by atoms with van der Waals surface area (Å²) < 4.78 is 5.38. The number of rotatable bonds is 4. The Labute approximate surface area is 167 Å². The fourth-order valence-corrected chi connectivity index (χ4v) is 3.92. The fraction of sp³-hybridized carbons (Fsp3) is 0.316. The van der Waals surface area contributed by atoms with Gasteiger partial charge < -0.3 is 9.64 Å². The third kappa shape index (κ3) is 3.47. The van der Waals surface area contributed by atoms with Crippen LogP contribution in [0.2, 0.25) is 10.0 Å². The first-order valence-corrected chi connectivity index (χ1v) is 9.42. The van der Waals surface area contributed by atoms with Crippen molar-refractivity contribution in [1.29, 1.82) is 0 Å². The molecular weight excluding hydrogens is 387 g/mol. The lowest BCUT2D eigenvalue weighted by molar-refractivity contribution is -0.130. The van der Waals surface area contributed by atoms with Crippen LogP contribution in [0.5, 0.6) is 5.75 Å². The van der Waals surface area contributed by atoms with Crippen LogP contribution in [0.1, 0.15) is 35.8 Å². The van der Waals surface area contributed by atoms with Gasteiger partial charge in [-0.25, -0.2) is 0 Å². The Morgan fingerprint density at radius 2 is 2.19 bits per heavy atom. The van der Waals surface area contributed by atoms with E-state index in [1.807, 2.05) is 23.1 Å². The number of benzene rings is 1. The number of amides is 1. The van der Waals surface area contributed by atoms with Crippen LogP contribution in [0.25, 0.3) is 0 Å². The molecule has 1 amide bonds. The van der Waals surface area contributed by atoms with E-state index in [4.69, 9.17) is 27.9 Å². The predicted octanol–water partition coefficient (Wildman–Crippen LogP) is 3.57. The molecule has 1 aromatic carbocycles. The van der Waals surface area contributed by atoms with Gasteiger partial charge in [-0.3, -0.25) is 15.2 Å². The van der Waals surface area contributed by atoms with Gasteiger partial charge in [0.15, 0.2) is 0 Å². The van der Waals surface area contributed by atoms with E-state index in [9.17, 15) is 4.79 Å². The summed E-state index contributed by atoms with van der Waals surface area (Å²) >= 11 is 12.2. The molecule has 0 bridgehead atoms. The first kappa shape index (κ1) is 18.1. The molecule has 0 spiro atoms. The van der Waals surface area contributed by atoms with Crippen molar-refractivity contribution >= 4 is 34.8 Å². The monoisotopic (exact) mass is 404 g/mol. The van der Waals surface area contributed by atoms with Crippen molar-refractivity contribution in [3.05, 3.63) is 57.3 Å². The first-order valence-electron chi connectivity index (χ1n) is 8.66. The SMILES string of the molecule is COc1ccc2c(c1)C(N1CCCC1=O)NN=C2Cc1ncc(Cl)cc1Cl. The molecule has 8 heteroatoms. The van der Waals surface area contributed by atoms with Crippen molar-refractivity contribution in [3.63, 3.8) is 0 Å². The molecule has 140 valence electrons. The second-order valence-corrected chi connectivity index (χ2v) is 7.34. The van der Waals surface area contributed by atoms with Crippen molar-refractivity contribution in [3.8, 4) is 5.75 Å². The third-order valence-corrected chi connectivity index (χ3v) is 5.36. The van der Waals surface area contributed by atoms with E-state index in [-0.39, 0.29) is 12.1 Å². The Hall–Kier alpha value is -2.31. The van der Waals surface area contributed by atoms with Gasteiger partial charge in [0.05, 0.1) is 28.6 Å². The minimum Gasteiger partial charge on any atom is -0.497 e. The zero-order valence-corrected chi connectivity index (χ0v) is 16.2. The quantitative estimate of drug-likeness (QED) is 0.845. The Morgan fingerprint density at radius 3 is 2.89 bits per heavy atom. The molecule has 1 atom stereocenters. The van der Waals surface area contributed by atoms with Crippen molar-refractivity contribution in [2.75, 3.05) is 13.7 Å². The molecule has 1 N–H and O–H groups in total. The van der Waals surface area contributed by atoms with E-state index >= 15 is 0 Å². The summed E-state index contributed by atoms with van der Waals surface area (Å²) in [5, 5.41) is 5.53. The molecule has 3 heterocycles. The van der Waals surface area contributed by atoms with Crippen LogP contribution in [0.15, 0.2) is 35.6 Å². The topological polar surface area (TPSA) is 66.8 Å². The summed E-state index contributed by atoms with van der Waals surface area (Å²) in [6.07, 6.45) is 3.14. The highest BCUT2D eigenvalue weighted by atomic mass is 35.5. The average molecular weight is 405 g/mol. The predicted molar refractivity (Wildman–Crippen MR) is 104 cm³/mol. The van der Waals surface area contributed by atoms with E-state index in [0.717, 1.165) is 29.0 Å². The lowest BCUT2D eigenvalue weighted by Crippen LogP contribution is -2.41. The van der Waals surface area contributed by atoms with Crippen LogP contribution in [0.3, 0.4) is 0 Å². The number of likely N-dealkylation sites (tertiary alicyclic amines) is 1. The summed E-state index contributed by atoms with van der Waals surface area (Å²) in [4.78, 5) is 18.4. The molecular formula is C19H18Cl2N4O2. The normalized spacial score (nSPS) is 18.8. The maximum Gasteiger partial charge on any atom is 0.224 e. The van der Waals surface area contributed by atoms with Crippen LogP contribution < -0.4 is 10.2 Å².